The molecule has 0 aromatic heterocycles. The summed E-state index contributed by atoms with van der Waals surface area (Å²) in [5.74, 6) is 0. The second kappa shape index (κ2) is 14.0. The molecule has 1 aromatic rings. The van der Waals surface area contributed by atoms with Crippen molar-refractivity contribution in [3.05, 3.63) is 89.6 Å². The summed E-state index contributed by atoms with van der Waals surface area (Å²) in [6, 6.07) is 8.66. The Bertz CT molecular complexity index is 650. The molecule has 1 aromatic carbocycles. The van der Waals surface area contributed by atoms with Gasteiger partial charge in [-0.1, -0.05) is 79.8 Å². The number of rotatable bonds is 6. The molecule has 0 fully saturated rings. The van der Waals surface area contributed by atoms with Gasteiger partial charge >= 0.3 is 0 Å². The van der Waals surface area contributed by atoms with Crippen molar-refractivity contribution in [2.24, 2.45) is 4.99 Å². The fourth-order valence-electron chi connectivity index (χ4n) is 2.25. The fraction of sp³-hybridized carbons (Fsp3) is 0.292. The first-order valence-electron chi connectivity index (χ1n) is 8.82. The molecule has 0 aliphatic heterocycles. The molecule has 0 amide bonds. The zero-order valence-corrected chi connectivity index (χ0v) is 16.7. The van der Waals surface area contributed by atoms with Crippen molar-refractivity contribution < 1.29 is 0 Å². The van der Waals surface area contributed by atoms with Gasteiger partial charge < -0.3 is 0 Å². The molecular weight excluding hydrogens is 302 g/mol. The van der Waals surface area contributed by atoms with Crippen molar-refractivity contribution in [1.29, 1.82) is 0 Å². The topological polar surface area (TPSA) is 12.4 Å². The average Bonchev–Trinajstić information content (AvgIpc) is 2.61. The fourth-order valence-corrected chi connectivity index (χ4v) is 2.25. The molecule has 1 rings (SSSR count). The Labute approximate surface area is 154 Å². The van der Waals surface area contributed by atoms with Crippen LogP contribution in [0.1, 0.15) is 45.2 Å². The lowest BCUT2D eigenvalue weighted by Crippen LogP contribution is -1.87. The van der Waals surface area contributed by atoms with E-state index in [4.69, 9.17) is 0 Å². The maximum atomic E-state index is 3.99. The minimum absolute atomic E-state index is 1.11. The van der Waals surface area contributed by atoms with Crippen LogP contribution in [0.2, 0.25) is 0 Å². The molecule has 0 radical (unpaired) electrons. The number of allylic oxidation sites excluding steroid dienone is 9. The number of hydrogen-bond donors (Lipinski definition) is 0. The van der Waals surface area contributed by atoms with Crippen molar-refractivity contribution in [2.45, 2.75) is 41.0 Å². The predicted octanol–water partition coefficient (Wildman–Crippen LogP) is 7.13. The van der Waals surface area contributed by atoms with Crippen LogP contribution in [0.3, 0.4) is 0 Å². The first-order chi connectivity index (χ1) is 12.0. The molecule has 0 saturated heterocycles. The second-order valence-corrected chi connectivity index (χ2v) is 5.65. The molecule has 0 unspecified atom stereocenters. The van der Waals surface area contributed by atoms with Gasteiger partial charge in [0.05, 0.1) is 0 Å². The van der Waals surface area contributed by atoms with Crippen LogP contribution in [0.25, 0.3) is 5.57 Å². The number of aliphatic imine (C=N–C) groups is 1. The molecule has 1 nitrogen and oxygen atoms in total. The lowest BCUT2D eigenvalue weighted by Gasteiger charge is -2.00. The Morgan fingerprint density at radius 2 is 1.76 bits per heavy atom. The molecule has 0 aliphatic rings. The summed E-state index contributed by atoms with van der Waals surface area (Å²) in [5.41, 5.74) is 6.27. The third-order valence-corrected chi connectivity index (χ3v) is 3.57. The van der Waals surface area contributed by atoms with Gasteiger partial charge in [-0.15, -0.1) is 0 Å². The highest BCUT2D eigenvalue weighted by atomic mass is 14.6. The molecule has 0 saturated carbocycles. The Balaban J connectivity index is 0.000000462. The van der Waals surface area contributed by atoms with Gasteiger partial charge in [0.25, 0.3) is 0 Å². The summed E-state index contributed by atoms with van der Waals surface area (Å²) >= 11 is 0. The van der Waals surface area contributed by atoms with Crippen molar-refractivity contribution in [3.8, 4) is 0 Å². The quantitative estimate of drug-likeness (QED) is 0.387. The molecule has 1 heteroatoms. The second-order valence-electron chi connectivity index (χ2n) is 5.65. The van der Waals surface area contributed by atoms with Gasteiger partial charge in [0.2, 0.25) is 0 Å². The van der Waals surface area contributed by atoms with E-state index >= 15 is 0 Å². The lowest BCUT2D eigenvalue weighted by molar-refractivity contribution is 1.22. The minimum Gasteiger partial charge on any atom is -0.296 e. The summed E-state index contributed by atoms with van der Waals surface area (Å²) in [6.07, 6.45) is 15.0. The summed E-state index contributed by atoms with van der Waals surface area (Å²) in [7, 11) is 1.77. The molecular formula is C24H33N. The zero-order valence-electron chi connectivity index (χ0n) is 16.7. The van der Waals surface area contributed by atoms with Crippen LogP contribution in [0.4, 0.5) is 0 Å². The average molecular weight is 336 g/mol. The predicted molar refractivity (Wildman–Crippen MR) is 116 cm³/mol. The van der Waals surface area contributed by atoms with E-state index in [-0.39, 0.29) is 0 Å². The first-order valence-corrected chi connectivity index (χ1v) is 8.82. The van der Waals surface area contributed by atoms with E-state index in [9.17, 15) is 0 Å². The Kier molecular flexibility index (Phi) is 12.6. The molecule has 134 valence electrons. The van der Waals surface area contributed by atoms with Crippen molar-refractivity contribution in [3.63, 3.8) is 0 Å². The summed E-state index contributed by atoms with van der Waals surface area (Å²) in [4.78, 5) is 3.99. The van der Waals surface area contributed by atoms with Gasteiger partial charge in [0.1, 0.15) is 0 Å². The van der Waals surface area contributed by atoms with E-state index in [1.807, 2.05) is 44.4 Å². The highest BCUT2D eigenvalue weighted by molar-refractivity contribution is 5.85. The van der Waals surface area contributed by atoms with E-state index in [2.05, 4.69) is 62.7 Å². The van der Waals surface area contributed by atoms with Crippen LogP contribution >= 0.6 is 0 Å². The molecule has 0 aliphatic carbocycles. The minimum atomic E-state index is 1.11. The van der Waals surface area contributed by atoms with Crippen LogP contribution in [0.5, 0.6) is 0 Å². The smallest absolute Gasteiger partial charge is 0.0284 e. The first kappa shape index (κ1) is 22.6. The molecule has 0 spiro atoms. The molecule has 0 heterocycles. The molecule has 0 N–H and O–H groups in total. The van der Waals surface area contributed by atoms with E-state index in [0.717, 1.165) is 17.6 Å². The van der Waals surface area contributed by atoms with E-state index < -0.39 is 0 Å². The monoisotopic (exact) mass is 335 g/mol. The maximum Gasteiger partial charge on any atom is 0.0284 e. The van der Waals surface area contributed by atoms with E-state index in [0.29, 0.717) is 0 Å². The van der Waals surface area contributed by atoms with Gasteiger partial charge in [0.15, 0.2) is 0 Å². The van der Waals surface area contributed by atoms with Crippen molar-refractivity contribution in [1.82, 2.24) is 0 Å². The normalized spacial score (nSPS) is 13.1. The van der Waals surface area contributed by atoms with Gasteiger partial charge in [-0.25, -0.2) is 0 Å². The molecule has 0 atom stereocenters. The third kappa shape index (κ3) is 9.46. The van der Waals surface area contributed by atoms with Gasteiger partial charge in [0, 0.05) is 13.3 Å². The number of aryl methyl sites for hydroxylation is 1. The van der Waals surface area contributed by atoms with Crippen LogP contribution < -0.4 is 0 Å². The summed E-state index contributed by atoms with van der Waals surface area (Å²) in [6.45, 7) is 14.1. The van der Waals surface area contributed by atoms with Crippen LogP contribution in [0.15, 0.2) is 83.4 Å². The highest BCUT2D eigenvalue weighted by Crippen LogP contribution is 2.14. The maximum absolute atomic E-state index is 3.99. The lowest BCUT2D eigenvalue weighted by atomic mass is 10.1. The SMILES string of the molecule is C=C/C=C(\C=C/C)C(/C=NC)=C/C.CC/C=C(/C)c1ccc(C)cc1. The van der Waals surface area contributed by atoms with Crippen LogP contribution in [0, 0.1) is 6.92 Å². The molecule has 0 bridgehead atoms. The number of benzene rings is 1. The molecule has 25 heavy (non-hydrogen) atoms. The standard InChI is InChI=1S/C12H17N.C12H16/c1-5-8-12(9-6-2)11(7-3)10-13-4;1-4-5-11(3)12-8-6-10(2)7-9-12/h5-10H,1H2,2-4H3;5-9H,4H2,1-3H3/b9-6-,11-7+,12-8+,13-10?;11-5-. The zero-order chi connectivity index (χ0) is 19.1. The third-order valence-electron chi connectivity index (χ3n) is 3.57. The summed E-state index contributed by atoms with van der Waals surface area (Å²) in [5, 5.41) is 0. The Morgan fingerprint density at radius 1 is 1.12 bits per heavy atom. The van der Waals surface area contributed by atoms with E-state index in [1.165, 1.54) is 16.7 Å². The number of hydrogen-bond acceptors (Lipinski definition) is 1. The van der Waals surface area contributed by atoms with Crippen LogP contribution in [-0.2, 0) is 0 Å². The van der Waals surface area contributed by atoms with Crippen molar-refractivity contribution in [2.75, 3.05) is 7.05 Å². The Hall–Kier alpha value is -2.41. The van der Waals surface area contributed by atoms with Gasteiger partial charge in [-0.3, -0.25) is 4.99 Å². The highest BCUT2D eigenvalue weighted by Gasteiger charge is 1.95. The summed E-state index contributed by atoms with van der Waals surface area (Å²) < 4.78 is 0. The van der Waals surface area contributed by atoms with Crippen molar-refractivity contribution >= 4 is 11.8 Å². The largest absolute Gasteiger partial charge is 0.296 e. The van der Waals surface area contributed by atoms with Gasteiger partial charge in [-0.2, -0.15) is 0 Å². The number of nitrogens with zero attached hydrogens (tertiary/aromatic N) is 1. The van der Waals surface area contributed by atoms with Gasteiger partial charge in [-0.05, 0) is 56.4 Å². The Morgan fingerprint density at radius 3 is 2.20 bits per heavy atom. The van der Waals surface area contributed by atoms with E-state index in [1.54, 1.807) is 13.1 Å². The van der Waals surface area contributed by atoms with Crippen LogP contribution in [-0.4, -0.2) is 13.3 Å².